The molecule has 142 valence electrons. The molecule has 0 spiro atoms. The number of methoxy groups -OCH3 is 1. The number of carbonyl (C=O) groups is 3. The largest absolute Gasteiger partial charge is 0.465 e. The predicted octanol–water partition coefficient (Wildman–Crippen LogP) is 3.82. The lowest BCUT2D eigenvalue weighted by molar-refractivity contribution is -0.117. The number of carbonyl (C=O) groups excluding carboxylic acids is 3. The molecule has 6 nitrogen and oxygen atoms in total. The van der Waals surface area contributed by atoms with E-state index in [9.17, 15) is 14.4 Å². The van der Waals surface area contributed by atoms with E-state index < -0.39 is 5.97 Å². The van der Waals surface area contributed by atoms with Crippen molar-refractivity contribution in [1.82, 2.24) is 0 Å². The Morgan fingerprint density at radius 3 is 2.37 bits per heavy atom. The molecule has 0 radical (unpaired) electrons. The van der Waals surface area contributed by atoms with E-state index in [1.54, 1.807) is 36.4 Å². The van der Waals surface area contributed by atoms with E-state index in [4.69, 9.17) is 11.6 Å². The molecule has 0 bridgehead atoms. The number of benzene rings is 2. The van der Waals surface area contributed by atoms with Crippen molar-refractivity contribution in [3.8, 4) is 0 Å². The van der Waals surface area contributed by atoms with Crippen LogP contribution in [0.1, 0.15) is 29.3 Å². The van der Waals surface area contributed by atoms with Crippen LogP contribution >= 0.6 is 11.6 Å². The van der Waals surface area contributed by atoms with Gasteiger partial charge >= 0.3 is 5.97 Å². The van der Waals surface area contributed by atoms with E-state index in [-0.39, 0.29) is 24.8 Å². The van der Waals surface area contributed by atoms with Crippen molar-refractivity contribution < 1.29 is 19.1 Å². The number of nitrogens with zero attached hydrogens (tertiary/aromatic N) is 1. The number of halogens is 1. The van der Waals surface area contributed by atoms with Gasteiger partial charge in [-0.2, -0.15) is 0 Å². The average molecular weight is 389 g/mol. The standard InChI is InChI=1S/C20H21ClN2O4/c1-13-4-7-16(21)12-18(13)22-19(25)10-11-23(14(2)24)17-8-5-15(6-9-17)20(26)27-3/h4-9,12H,10-11H2,1-3H3,(H,22,25). The number of amides is 2. The van der Waals surface area contributed by atoms with E-state index in [1.807, 2.05) is 13.0 Å². The van der Waals surface area contributed by atoms with E-state index >= 15 is 0 Å². The molecule has 2 amide bonds. The molecular weight excluding hydrogens is 368 g/mol. The van der Waals surface area contributed by atoms with Crippen molar-refractivity contribution in [2.45, 2.75) is 20.3 Å². The monoisotopic (exact) mass is 388 g/mol. The summed E-state index contributed by atoms with van der Waals surface area (Å²) in [5.41, 5.74) is 2.53. The summed E-state index contributed by atoms with van der Waals surface area (Å²) >= 11 is 5.96. The summed E-state index contributed by atoms with van der Waals surface area (Å²) < 4.78 is 4.66. The van der Waals surface area contributed by atoms with Crippen LogP contribution in [-0.4, -0.2) is 31.4 Å². The van der Waals surface area contributed by atoms with Gasteiger partial charge in [-0.1, -0.05) is 17.7 Å². The van der Waals surface area contributed by atoms with Crippen LogP contribution in [0.15, 0.2) is 42.5 Å². The van der Waals surface area contributed by atoms with Crippen LogP contribution in [0.4, 0.5) is 11.4 Å². The summed E-state index contributed by atoms with van der Waals surface area (Å²) in [6, 6.07) is 11.7. The van der Waals surface area contributed by atoms with Crippen molar-refractivity contribution in [2.75, 3.05) is 23.9 Å². The van der Waals surface area contributed by atoms with E-state index in [0.29, 0.717) is 22.0 Å². The van der Waals surface area contributed by atoms with Crippen LogP contribution in [-0.2, 0) is 14.3 Å². The minimum atomic E-state index is -0.452. The van der Waals surface area contributed by atoms with E-state index in [0.717, 1.165) is 5.56 Å². The lowest BCUT2D eigenvalue weighted by Gasteiger charge is -2.21. The average Bonchev–Trinajstić information content (AvgIpc) is 2.64. The maximum atomic E-state index is 12.3. The molecule has 0 aromatic heterocycles. The first-order valence-electron chi connectivity index (χ1n) is 8.34. The third-order valence-corrected chi connectivity index (χ3v) is 4.25. The van der Waals surface area contributed by atoms with Crippen LogP contribution < -0.4 is 10.2 Å². The molecule has 2 rings (SSSR count). The molecule has 0 saturated carbocycles. The van der Waals surface area contributed by atoms with Gasteiger partial charge in [0.15, 0.2) is 0 Å². The Labute approximate surface area is 163 Å². The Balaban J connectivity index is 2.04. The van der Waals surface area contributed by atoms with Gasteiger partial charge in [0.25, 0.3) is 0 Å². The molecule has 7 heteroatoms. The van der Waals surface area contributed by atoms with Crippen molar-refractivity contribution in [1.29, 1.82) is 0 Å². The SMILES string of the molecule is COC(=O)c1ccc(N(CCC(=O)Nc2cc(Cl)ccc2C)C(C)=O)cc1. The Kier molecular flexibility index (Phi) is 6.96. The van der Waals surface area contributed by atoms with Crippen LogP contribution in [0.5, 0.6) is 0 Å². The van der Waals surface area contributed by atoms with Gasteiger partial charge < -0.3 is 15.0 Å². The lowest BCUT2D eigenvalue weighted by Crippen LogP contribution is -2.32. The molecule has 2 aromatic carbocycles. The number of rotatable bonds is 6. The fourth-order valence-electron chi connectivity index (χ4n) is 2.52. The highest BCUT2D eigenvalue weighted by Gasteiger charge is 2.15. The van der Waals surface area contributed by atoms with E-state index in [2.05, 4.69) is 10.1 Å². The summed E-state index contributed by atoms with van der Waals surface area (Å²) in [5, 5.41) is 3.34. The third kappa shape index (κ3) is 5.56. The van der Waals surface area contributed by atoms with Gasteiger partial charge in [-0.15, -0.1) is 0 Å². The zero-order valence-corrected chi connectivity index (χ0v) is 16.2. The van der Waals surface area contributed by atoms with Crippen molar-refractivity contribution >= 4 is 40.8 Å². The van der Waals surface area contributed by atoms with Gasteiger partial charge in [-0.25, -0.2) is 4.79 Å². The summed E-state index contributed by atoms with van der Waals surface area (Å²) in [7, 11) is 1.30. The van der Waals surface area contributed by atoms with Crippen LogP contribution in [0.3, 0.4) is 0 Å². The number of anilines is 2. The number of esters is 1. The molecule has 0 heterocycles. The Morgan fingerprint density at radius 2 is 1.78 bits per heavy atom. The quantitative estimate of drug-likeness (QED) is 0.763. The van der Waals surface area contributed by atoms with Gasteiger partial charge in [-0.3, -0.25) is 9.59 Å². The van der Waals surface area contributed by atoms with Crippen molar-refractivity contribution in [3.63, 3.8) is 0 Å². The number of hydrogen-bond acceptors (Lipinski definition) is 4. The molecule has 0 saturated heterocycles. The second-order valence-electron chi connectivity index (χ2n) is 5.97. The van der Waals surface area contributed by atoms with Gasteiger partial charge in [-0.05, 0) is 48.9 Å². The molecule has 0 unspecified atom stereocenters. The molecule has 0 aliphatic heterocycles. The van der Waals surface area contributed by atoms with Gasteiger partial charge in [0.1, 0.15) is 0 Å². The summed E-state index contributed by atoms with van der Waals surface area (Å²) in [4.78, 5) is 37.2. The highest BCUT2D eigenvalue weighted by molar-refractivity contribution is 6.31. The molecular formula is C20H21ClN2O4. The molecule has 0 atom stereocenters. The van der Waals surface area contributed by atoms with Crippen LogP contribution in [0.2, 0.25) is 5.02 Å². The molecule has 0 aliphatic carbocycles. The second kappa shape index (κ2) is 9.19. The highest BCUT2D eigenvalue weighted by Crippen LogP contribution is 2.21. The highest BCUT2D eigenvalue weighted by atomic mass is 35.5. The minimum Gasteiger partial charge on any atom is -0.465 e. The number of hydrogen-bond donors (Lipinski definition) is 1. The zero-order chi connectivity index (χ0) is 20.0. The maximum Gasteiger partial charge on any atom is 0.337 e. The topological polar surface area (TPSA) is 75.7 Å². The molecule has 0 fully saturated rings. The predicted molar refractivity (Wildman–Crippen MR) is 105 cm³/mol. The second-order valence-corrected chi connectivity index (χ2v) is 6.40. The smallest absolute Gasteiger partial charge is 0.337 e. The lowest BCUT2D eigenvalue weighted by atomic mass is 10.2. The first kappa shape index (κ1) is 20.5. The molecule has 0 aliphatic rings. The van der Waals surface area contributed by atoms with Crippen LogP contribution in [0, 0.1) is 6.92 Å². The van der Waals surface area contributed by atoms with Crippen molar-refractivity contribution in [3.05, 3.63) is 58.6 Å². The third-order valence-electron chi connectivity index (χ3n) is 4.02. The number of nitrogens with one attached hydrogen (secondary N) is 1. The summed E-state index contributed by atoms with van der Waals surface area (Å²) in [6.45, 7) is 3.50. The maximum absolute atomic E-state index is 12.3. The fraction of sp³-hybridized carbons (Fsp3) is 0.250. The first-order chi connectivity index (χ1) is 12.8. The molecule has 1 N–H and O–H groups in total. The zero-order valence-electron chi connectivity index (χ0n) is 15.4. The normalized spacial score (nSPS) is 10.2. The summed E-state index contributed by atoms with van der Waals surface area (Å²) in [6.07, 6.45) is 0.115. The van der Waals surface area contributed by atoms with Crippen molar-refractivity contribution in [2.24, 2.45) is 0 Å². The Bertz CT molecular complexity index is 850. The van der Waals surface area contributed by atoms with E-state index in [1.165, 1.54) is 18.9 Å². The number of aryl methyl sites for hydroxylation is 1. The molecule has 27 heavy (non-hydrogen) atoms. The first-order valence-corrected chi connectivity index (χ1v) is 8.72. The Hall–Kier alpha value is -2.86. The minimum absolute atomic E-state index is 0.115. The van der Waals surface area contributed by atoms with Gasteiger partial charge in [0.2, 0.25) is 11.8 Å². The summed E-state index contributed by atoms with van der Waals surface area (Å²) in [5.74, 6) is -0.877. The van der Waals surface area contributed by atoms with Gasteiger partial charge in [0.05, 0.1) is 12.7 Å². The number of ether oxygens (including phenoxy) is 1. The fourth-order valence-corrected chi connectivity index (χ4v) is 2.69. The van der Waals surface area contributed by atoms with Gasteiger partial charge in [0, 0.05) is 36.3 Å². The Morgan fingerprint density at radius 1 is 1.11 bits per heavy atom. The molecule has 2 aromatic rings. The van der Waals surface area contributed by atoms with Crippen LogP contribution in [0.25, 0.3) is 0 Å².